The highest BCUT2D eigenvalue weighted by atomic mass is 35.5. The average Bonchev–Trinajstić information content (AvgIpc) is 2.44. The van der Waals surface area contributed by atoms with Crippen LogP contribution in [0.2, 0.25) is 5.02 Å². The number of hydrogen-bond acceptors (Lipinski definition) is 4. The third-order valence-electron chi connectivity index (χ3n) is 2.97. The third-order valence-corrected chi connectivity index (χ3v) is 5.65. The van der Waals surface area contributed by atoms with Crippen LogP contribution in [0.15, 0.2) is 23.1 Å². The van der Waals surface area contributed by atoms with Crippen LogP contribution in [0.1, 0.15) is 19.4 Å². The van der Waals surface area contributed by atoms with Crippen molar-refractivity contribution in [2.75, 3.05) is 25.1 Å². The molecule has 120 valence electrons. The first kappa shape index (κ1) is 18.8. The number of thioether (sulfide) groups is 1. The summed E-state index contributed by atoms with van der Waals surface area (Å²) in [5, 5.41) is 3.63. The molecule has 0 aliphatic rings. The summed E-state index contributed by atoms with van der Waals surface area (Å²) < 4.78 is 27.1. The molecule has 1 atom stereocenters. The Balaban J connectivity index is 2.77. The van der Waals surface area contributed by atoms with E-state index >= 15 is 0 Å². The number of halogens is 1. The van der Waals surface area contributed by atoms with E-state index in [1.165, 1.54) is 6.07 Å². The van der Waals surface area contributed by atoms with Crippen molar-refractivity contribution in [3.63, 3.8) is 0 Å². The summed E-state index contributed by atoms with van der Waals surface area (Å²) in [6.45, 7) is 5.93. The highest BCUT2D eigenvalue weighted by molar-refractivity contribution is 7.98. The predicted molar refractivity (Wildman–Crippen MR) is 91.6 cm³/mol. The molecule has 1 unspecified atom stereocenters. The zero-order valence-electron chi connectivity index (χ0n) is 12.6. The van der Waals surface area contributed by atoms with Gasteiger partial charge in [-0.2, -0.15) is 11.8 Å². The van der Waals surface area contributed by atoms with Crippen LogP contribution in [0, 0.1) is 5.92 Å². The van der Waals surface area contributed by atoms with Crippen molar-refractivity contribution in [2.45, 2.75) is 25.3 Å². The lowest BCUT2D eigenvalue weighted by Gasteiger charge is -2.13. The maximum atomic E-state index is 12.2. The minimum absolute atomic E-state index is 0.212. The van der Waals surface area contributed by atoms with E-state index in [4.69, 9.17) is 11.6 Å². The number of rotatable bonds is 9. The van der Waals surface area contributed by atoms with E-state index in [1.807, 2.05) is 20.1 Å². The van der Waals surface area contributed by atoms with Gasteiger partial charge in [-0.15, -0.1) is 0 Å². The standard InChI is InChI=1S/C14H23ClN2O2S2/c1-4-16-9-12-5-6-13(7-14(12)15)21(18,19)17-8-11(2)10-20-3/h5-7,11,16-17H,4,8-10H2,1-3H3. The van der Waals surface area contributed by atoms with Gasteiger partial charge < -0.3 is 5.32 Å². The van der Waals surface area contributed by atoms with E-state index in [2.05, 4.69) is 10.0 Å². The topological polar surface area (TPSA) is 58.2 Å². The second-order valence-corrected chi connectivity index (χ2v) is 8.03. The van der Waals surface area contributed by atoms with Gasteiger partial charge >= 0.3 is 0 Å². The van der Waals surface area contributed by atoms with Crippen molar-refractivity contribution in [1.82, 2.24) is 10.0 Å². The molecule has 7 heteroatoms. The van der Waals surface area contributed by atoms with E-state index in [0.717, 1.165) is 17.9 Å². The first-order chi connectivity index (χ1) is 9.90. The molecule has 0 aliphatic heterocycles. The van der Waals surface area contributed by atoms with Gasteiger partial charge in [0.2, 0.25) is 10.0 Å². The van der Waals surface area contributed by atoms with Crippen molar-refractivity contribution in [2.24, 2.45) is 5.92 Å². The summed E-state index contributed by atoms with van der Waals surface area (Å²) in [7, 11) is -3.50. The molecular weight excluding hydrogens is 328 g/mol. The molecule has 0 aliphatic carbocycles. The van der Waals surface area contributed by atoms with Crippen LogP contribution >= 0.6 is 23.4 Å². The Morgan fingerprint density at radius 1 is 1.38 bits per heavy atom. The lowest BCUT2D eigenvalue weighted by atomic mass is 10.2. The minimum atomic E-state index is -3.50. The second-order valence-electron chi connectivity index (χ2n) is 4.95. The smallest absolute Gasteiger partial charge is 0.240 e. The largest absolute Gasteiger partial charge is 0.313 e. The summed E-state index contributed by atoms with van der Waals surface area (Å²) in [6.07, 6.45) is 2.01. The average molecular weight is 351 g/mol. The summed E-state index contributed by atoms with van der Waals surface area (Å²) in [5.41, 5.74) is 0.896. The quantitative estimate of drug-likeness (QED) is 0.719. The van der Waals surface area contributed by atoms with Gasteiger partial charge in [-0.05, 0) is 42.2 Å². The van der Waals surface area contributed by atoms with Crippen molar-refractivity contribution < 1.29 is 8.42 Å². The highest BCUT2D eigenvalue weighted by Crippen LogP contribution is 2.21. The van der Waals surface area contributed by atoms with Crippen LogP contribution in [0.5, 0.6) is 0 Å². The fraction of sp³-hybridized carbons (Fsp3) is 0.571. The SMILES string of the molecule is CCNCc1ccc(S(=O)(=O)NCC(C)CSC)cc1Cl. The van der Waals surface area contributed by atoms with Crippen molar-refractivity contribution in [3.8, 4) is 0 Å². The fourth-order valence-electron chi connectivity index (χ4n) is 1.78. The van der Waals surface area contributed by atoms with Gasteiger partial charge in [0.1, 0.15) is 0 Å². The minimum Gasteiger partial charge on any atom is -0.313 e. The molecule has 0 saturated heterocycles. The summed E-state index contributed by atoms with van der Waals surface area (Å²) >= 11 is 7.85. The van der Waals surface area contributed by atoms with Gasteiger partial charge in [0.15, 0.2) is 0 Å². The molecule has 0 radical (unpaired) electrons. The molecule has 0 saturated carbocycles. The third kappa shape index (κ3) is 6.16. The van der Waals surface area contributed by atoms with Crippen LogP contribution in [0.3, 0.4) is 0 Å². The molecule has 1 rings (SSSR count). The lowest BCUT2D eigenvalue weighted by Crippen LogP contribution is -2.29. The Kier molecular flexibility index (Phi) is 8.05. The lowest BCUT2D eigenvalue weighted by molar-refractivity contribution is 0.562. The zero-order valence-corrected chi connectivity index (χ0v) is 15.0. The van der Waals surface area contributed by atoms with Crippen molar-refractivity contribution in [1.29, 1.82) is 0 Å². The first-order valence-electron chi connectivity index (χ1n) is 6.88. The summed E-state index contributed by atoms with van der Waals surface area (Å²) in [5.74, 6) is 1.21. The molecule has 1 aromatic rings. The van der Waals surface area contributed by atoms with E-state index < -0.39 is 10.0 Å². The van der Waals surface area contributed by atoms with Crippen LogP contribution in [-0.4, -0.2) is 33.5 Å². The monoisotopic (exact) mass is 350 g/mol. The van der Waals surface area contributed by atoms with Gasteiger partial charge in [0.25, 0.3) is 0 Å². The Bertz CT molecular complexity index is 550. The normalized spacial score (nSPS) is 13.3. The predicted octanol–water partition coefficient (Wildman–Crippen LogP) is 2.73. The molecular formula is C14H23ClN2O2S2. The van der Waals surface area contributed by atoms with E-state index in [0.29, 0.717) is 24.0 Å². The molecule has 0 heterocycles. The Morgan fingerprint density at radius 3 is 2.67 bits per heavy atom. The maximum absolute atomic E-state index is 12.2. The number of benzene rings is 1. The summed E-state index contributed by atoms with van der Waals surface area (Å²) in [4.78, 5) is 0.212. The van der Waals surface area contributed by atoms with Gasteiger partial charge in [-0.3, -0.25) is 0 Å². The Morgan fingerprint density at radius 2 is 2.10 bits per heavy atom. The highest BCUT2D eigenvalue weighted by Gasteiger charge is 2.16. The summed E-state index contributed by atoms with van der Waals surface area (Å²) in [6, 6.07) is 4.86. The zero-order chi connectivity index (χ0) is 15.9. The molecule has 0 bridgehead atoms. The van der Waals surface area contributed by atoms with Gasteiger partial charge in [-0.25, -0.2) is 13.1 Å². The van der Waals surface area contributed by atoms with Gasteiger partial charge in [-0.1, -0.05) is 31.5 Å². The maximum Gasteiger partial charge on any atom is 0.240 e. The number of sulfonamides is 1. The van der Waals surface area contributed by atoms with Gasteiger partial charge in [0, 0.05) is 18.1 Å². The van der Waals surface area contributed by atoms with Crippen molar-refractivity contribution >= 4 is 33.4 Å². The molecule has 21 heavy (non-hydrogen) atoms. The number of nitrogens with one attached hydrogen (secondary N) is 2. The molecule has 0 aromatic heterocycles. The van der Waals surface area contributed by atoms with Crippen LogP contribution < -0.4 is 10.0 Å². The molecule has 0 spiro atoms. The number of hydrogen-bond donors (Lipinski definition) is 2. The van der Waals surface area contributed by atoms with E-state index in [-0.39, 0.29) is 4.90 Å². The molecule has 0 fully saturated rings. The molecule has 4 nitrogen and oxygen atoms in total. The van der Waals surface area contributed by atoms with Crippen LogP contribution in [0.4, 0.5) is 0 Å². The fourth-order valence-corrected chi connectivity index (χ4v) is 3.97. The molecule has 0 amide bonds. The second kappa shape index (κ2) is 9.00. The van der Waals surface area contributed by atoms with Crippen LogP contribution in [-0.2, 0) is 16.6 Å². The first-order valence-corrected chi connectivity index (χ1v) is 10.1. The van der Waals surface area contributed by atoms with Crippen LogP contribution in [0.25, 0.3) is 0 Å². The van der Waals surface area contributed by atoms with Crippen molar-refractivity contribution in [3.05, 3.63) is 28.8 Å². The Hall–Kier alpha value is -0.270. The molecule has 2 N–H and O–H groups in total. The van der Waals surface area contributed by atoms with E-state index in [9.17, 15) is 8.42 Å². The van der Waals surface area contributed by atoms with Gasteiger partial charge in [0.05, 0.1) is 4.90 Å². The van der Waals surface area contributed by atoms with E-state index in [1.54, 1.807) is 23.9 Å². The molecule has 1 aromatic carbocycles. The Labute approximate surface area is 137 Å².